The molecule has 1 aliphatic heterocycles. The molecule has 0 aromatic carbocycles. The van der Waals surface area contributed by atoms with E-state index in [1.54, 1.807) is 6.20 Å². The second-order valence-corrected chi connectivity index (χ2v) is 6.78. The predicted octanol–water partition coefficient (Wildman–Crippen LogP) is 2.25. The van der Waals surface area contributed by atoms with Crippen LogP contribution in [-0.4, -0.2) is 43.1 Å². The summed E-state index contributed by atoms with van der Waals surface area (Å²) in [6.45, 7) is 7.20. The van der Waals surface area contributed by atoms with Gasteiger partial charge in [-0.05, 0) is 37.5 Å². The fraction of sp³-hybridized carbons (Fsp3) is 0.643. The Labute approximate surface area is 122 Å². The van der Waals surface area contributed by atoms with Gasteiger partial charge in [-0.25, -0.2) is 17.7 Å². The van der Waals surface area contributed by atoms with Crippen LogP contribution in [-0.2, 0) is 10.0 Å². The number of anilines is 1. The Bertz CT molecular complexity index is 509. The molecule has 1 saturated heterocycles. The van der Waals surface area contributed by atoms with E-state index >= 15 is 0 Å². The van der Waals surface area contributed by atoms with E-state index in [1.807, 2.05) is 32.9 Å². The molecule has 1 aromatic rings. The second-order valence-electron chi connectivity index (χ2n) is 4.80. The second kappa shape index (κ2) is 7.59. The Morgan fingerprint density at radius 1 is 1.30 bits per heavy atom. The first-order chi connectivity index (χ1) is 9.45. The van der Waals surface area contributed by atoms with E-state index in [0.29, 0.717) is 19.1 Å². The van der Waals surface area contributed by atoms with Crippen LogP contribution < -0.4 is 5.32 Å². The molecule has 0 aliphatic carbocycles. The smallest absolute Gasteiger partial charge is 0.211 e. The van der Waals surface area contributed by atoms with Gasteiger partial charge >= 0.3 is 0 Å². The zero-order valence-corrected chi connectivity index (χ0v) is 13.6. The van der Waals surface area contributed by atoms with Crippen LogP contribution >= 0.6 is 0 Å². The molecule has 1 aromatic heterocycles. The lowest BCUT2D eigenvalue weighted by molar-refractivity contribution is 0.331. The van der Waals surface area contributed by atoms with E-state index in [4.69, 9.17) is 0 Å². The zero-order chi connectivity index (χ0) is 15.2. The van der Waals surface area contributed by atoms with Crippen LogP contribution in [0, 0.1) is 6.92 Å². The molecule has 5 nitrogen and oxygen atoms in total. The number of sulfonamides is 1. The number of aryl methyl sites for hydroxylation is 1. The van der Waals surface area contributed by atoms with Gasteiger partial charge in [0.2, 0.25) is 10.0 Å². The summed E-state index contributed by atoms with van der Waals surface area (Å²) in [5.74, 6) is 0.868. The average Bonchev–Trinajstić information content (AvgIpc) is 2.41. The maximum atomic E-state index is 11.4. The number of aromatic nitrogens is 1. The van der Waals surface area contributed by atoms with Crippen LogP contribution in [0.15, 0.2) is 18.3 Å². The Hall–Kier alpha value is -1.14. The van der Waals surface area contributed by atoms with Gasteiger partial charge in [0.1, 0.15) is 5.82 Å². The molecule has 0 spiro atoms. The minimum Gasteiger partial charge on any atom is -0.367 e. The lowest BCUT2D eigenvalue weighted by atomic mass is 10.1. The molecule has 0 atom stereocenters. The number of pyridine rings is 1. The molecular formula is C14H25N3O2S. The van der Waals surface area contributed by atoms with Gasteiger partial charge in [0.15, 0.2) is 0 Å². The van der Waals surface area contributed by atoms with Crippen molar-refractivity contribution in [2.24, 2.45) is 0 Å². The molecule has 6 heteroatoms. The van der Waals surface area contributed by atoms with Crippen LogP contribution in [0.2, 0.25) is 0 Å². The summed E-state index contributed by atoms with van der Waals surface area (Å²) in [6, 6.07) is 4.26. The highest BCUT2D eigenvalue weighted by Gasteiger charge is 2.24. The standard InChI is InChI=1S/C12H19N3O2S.C2H6/c1-10-3-6-13-12(9-10)14-11-4-7-15(8-5-11)18(2,16)17;1-2/h3,6,9,11H,4-5,7-8H2,1-2H3,(H,13,14);1-2H3. The molecule has 1 aliphatic rings. The quantitative estimate of drug-likeness (QED) is 0.930. The maximum Gasteiger partial charge on any atom is 0.211 e. The van der Waals surface area contributed by atoms with E-state index < -0.39 is 10.0 Å². The summed E-state index contributed by atoms with van der Waals surface area (Å²) in [6.07, 6.45) is 4.69. The molecule has 2 rings (SSSR count). The molecule has 2 heterocycles. The highest BCUT2D eigenvalue weighted by atomic mass is 32.2. The van der Waals surface area contributed by atoms with Crippen molar-refractivity contribution in [2.45, 2.75) is 39.7 Å². The molecule has 1 N–H and O–H groups in total. The van der Waals surface area contributed by atoms with E-state index in [-0.39, 0.29) is 0 Å². The van der Waals surface area contributed by atoms with Crippen LogP contribution in [0.25, 0.3) is 0 Å². The molecule has 0 amide bonds. The van der Waals surface area contributed by atoms with Gasteiger partial charge in [-0.2, -0.15) is 0 Å². The largest absolute Gasteiger partial charge is 0.367 e. The summed E-state index contributed by atoms with van der Waals surface area (Å²) in [4.78, 5) is 4.26. The Balaban J connectivity index is 0.000000956. The van der Waals surface area contributed by atoms with Crippen LogP contribution in [0.5, 0.6) is 0 Å². The SMILES string of the molecule is CC.Cc1ccnc(NC2CCN(S(C)(=O)=O)CC2)c1. The summed E-state index contributed by atoms with van der Waals surface area (Å²) in [5, 5.41) is 3.36. The first-order valence-corrected chi connectivity index (χ1v) is 8.94. The van der Waals surface area contributed by atoms with Crippen LogP contribution in [0.4, 0.5) is 5.82 Å². The normalized spacial score (nSPS) is 17.2. The van der Waals surface area contributed by atoms with Crippen molar-refractivity contribution in [3.8, 4) is 0 Å². The molecule has 0 bridgehead atoms. The van der Waals surface area contributed by atoms with Gasteiger partial charge < -0.3 is 5.32 Å². The topological polar surface area (TPSA) is 62.3 Å². The molecular weight excluding hydrogens is 274 g/mol. The van der Waals surface area contributed by atoms with E-state index in [0.717, 1.165) is 18.7 Å². The highest BCUT2D eigenvalue weighted by Crippen LogP contribution is 2.17. The number of rotatable bonds is 3. The number of nitrogens with one attached hydrogen (secondary N) is 1. The summed E-state index contributed by atoms with van der Waals surface area (Å²) in [5.41, 5.74) is 1.17. The van der Waals surface area contributed by atoms with Gasteiger partial charge in [-0.1, -0.05) is 13.8 Å². The van der Waals surface area contributed by atoms with E-state index in [1.165, 1.54) is 16.1 Å². The lowest BCUT2D eigenvalue weighted by Crippen LogP contribution is -2.41. The maximum absolute atomic E-state index is 11.4. The molecule has 1 fully saturated rings. The number of nitrogens with zero attached hydrogens (tertiary/aromatic N) is 2. The van der Waals surface area contributed by atoms with Crippen molar-refractivity contribution in [3.63, 3.8) is 0 Å². The number of hydrogen-bond donors (Lipinski definition) is 1. The Morgan fingerprint density at radius 2 is 1.90 bits per heavy atom. The molecule has 20 heavy (non-hydrogen) atoms. The zero-order valence-electron chi connectivity index (χ0n) is 12.8. The highest BCUT2D eigenvalue weighted by molar-refractivity contribution is 7.88. The van der Waals surface area contributed by atoms with Gasteiger partial charge in [0.25, 0.3) is 0 Å². The van der Waals surface area contributed by atoms with E-state index in [9.17, 15) is 8.42 Å². The van der Waals surface area contributed by atoms with E-state index in [2.05, 4.69) is 10.3 Å². The summed E-state index contributed by atoms with van der Waals surface area (Å²) in [7, 11) is -3.04. The van der Waals surface area contributed by atoms with Gasteiger partial charge in [-0.3, -0.25) is 0 Å². The summed E-state index contributed by atoms with van der Waals surface area (Å²) < 4.78 is 24.3. The lowest BCUT2D eigenvalue weighted by Gasteiger charge is -2.30. The van der Waals surface area contributed by atoms with Gasteiger partial charge in [0.05, 0.1) is 6.26 Å². The van der Waals surface area contributed by atoms with Gasteiger partial charge in [0, 0.05) is 25.3 Å². The Kier molecular flexibility index (Phi) is 6.42. The van der Waals surface area contributed by atoms with Crippen molar-refractivity contribution in [1.82, 2.24) is 9.29 Å². The molecule has 0 radical (unpaired) electrons. The summed E-state index contributed by atoms with van der Waals surface area (Å²) >= 11 is 0. The first-order valence-electron chi connectivity index (χ1n) is 7.09. The third kappa shape index (κ3) is 5.09. The number of piperidine rings is 1. The third-order valence-corrected chi connectivity index (χ3v) is 4.49. The van der Waals surface area contributed by atoms with Crippen molar-refractivity contribution in [2.75, 3.05) is 24.7 Å². The van der Waals surface area contributed by atoms with Crippen molar-refractivity contribution >= 4 is 15.8 Å². The molecule has 0 saturated carbocycles. The third-order valence-electron chi connectivity index (χ3n) is 3.19. The predicted molar refractivity (Wildman–Crippen MR) is 83.4 cm³/mol. The van der Waals surface area contributed by atoms with Crippen LogP contribution in [0.1, 0.15) is 32.3 Å². The Morgan fingerprint density at radius 3 is 2.40 bits per heavy atom. The molecule has 114 valence electrons. The van der Waals surface area contributed by atoms with Gasteiger partial charge in [-0.15, -0.1) is 0 Å². The molecule has 0 unspecified atom stereocenters. The number of hydrogen-bond acceptors (Lipinski definition) is 4. The fourth-order valence-electron chi connectivity index (χ4n) is 2.16. The van der Waals surface area contributed by atoms with Crippen molar-refractivity contribution < 1.29 is 8.42 Å². The average molecular weight is 299 g/mol. The first kappa shape index (κ1) is 16.9. The fourth-order valence-corrected chi connectivity index (χ4v) is 3.03. The minimum absolute atomic E-state index is 0.303. The minimum atomic E-state index is -3.04. The monoisotopic (exact) mass is 299 g/mol. The van der Waals surface area contributed by atoms with Crippen LogP contribution in [0.3, 0.4) is 0 Å². The van der Waals surface area contributed by atoms with Crippen molar-refractivity contribution in [3.05, 3.63) is 23.9 Å². The van der Waals surface area contributed by atoms with Crippen molar-refractivity contribution in [1.29, 1.82) is 0 Å².